The Labute approximate surface area is 179 Å². The number of rotatable bonds is 6. The van der Waals surface area contributed by atoms with Crippen molar-refractivity contribution in [2.45, 2.75) is 18.2 Å². The highest BCUT2D eigenvalue weighted by Gasteiger charge is 2.26. The zero-order valence-corrected chi connectivity index (χ0v) is 17.9. The summed E-state index contributed by atoms with van der Waals surface area (Å²) in [7, 11) is -2.97. The average molecular weight is 444 g/mol. The standard InChI is InChI=1S/C22H21FN2O5S/c1-13(2)14-5-6-18(29-3)21(9-14)31(27,28)24-22(26)20-12-16-17(23)10-15(11-19(16)30-20)25-7-4-8-25/h5-6,9-12H,1,4,7-8H2,2-3H3,(H,24,26). The van der Waals surface area contributed by atoms with Crippen molar-refractivity contribution >= 4 is 38.2 Å². The molecule has 0 atom stereocenters. The predicted octanol–water partition coefficient (Wildman–Crippen LogP) is 3.94. The molecule has 1 aromatic heterocycles. The Morgan fingerprint density at radius 1 is 1.23 bits per heavy atom. The van der Waals surface area contributed by atoms with Crippen LogP contribution < -0.4 is 14.4 Å². The van der Waals surface area contributed by atoms with Gasteiger partial charge in [0.15, 0.2) is 5.76 Å². The fourth-order valence-corrected chi connectivity index (χ4v) is 4.48. The van der Waals surface area contributed by atoms with Crippen molar-refractivity contribution in [3.8, 4) is 5.75 Å². The smallest absolute Gasteiger partial charge is 0.300 e. The van der Waals surface area contributed by atoms with Crippen LogP contribution in [0.25, 0.3) is 16.5 Å². The van der Waals surface area contributed by atoms with Gasteiger partial charge >= 0.3 is 5.91 Å². The molecule has 31 heavy (non-hydrogen) atoms. The van der Waals surface area contributed by atoms with Crippen LogP contribution in [0.5, 0.6) is 5.75 Å². The number of ether oxygens (including phenoxy) is 1. The van der Waals surface area contributed by atoms with Gasteiger partial charge in [0.05, 0.1) is 12.5 Å². The van der Waals surface area contributed by atoms with Crippen molar-refractivity contribution in [3.63, 3.8) is 0 Å². The Morgan fingerprint density at radius 3 is 2.58 bits per heavy atom. The first-order valence-corrected chi connectivity index (χ1v) is 11.1. The van der Waals surface area contributed by atoms with Gasteiger partial charge in [-0.15, -0.1) is 0 Å². The van der Waals surface area contributed by atoms with Gasteiger partial charge in [0.25, 0.3) is 10.0 Å². The van der Waals surface area contributed by atoms with Crippen LogP contribution >= 0.6 is 0 Å². The van der Waals surface area contributed by atoms with Crippen molar-refractivity contribution in [1.29, 1.82) is 0 Å². The lowest BCUT2D eigenvalue weighted by atomic mass is 10.1. The van der Waals surface area contributed by atoms with Gasteiger partial charge in [0, 0.05) is 30.9 Å². The first-order chi connectivity index (χ1) is 14.7. The molecule has 0 aliphatic carbocycles. The molecule has 0 spiro atoms. The van der Waals surface area contributed by atoms with Crippen molar-refractivity contribution in [2.75, 3.05) is 25.1 Å². The maximum Gasteiger partial charge on any atom is 0.300 e. The molecule has 2 aromatic carbocycles. The number of methoxy groups -OCH3 is 1. The molecular weight excluding hydrogens is 423 g/mol. The molecule has 4 rings (SSSR count). The van der Waals surface area contributed by atoms with Gasteiger partial charge in [-0.25, -0.2) is 17.5 Å². The molecule has 0 bridgehead atoms. The van der Waals surface area contributed by atoms with E-state index in [4.69, 9.17) is 9.15 Å². The molecule has 1 aliphatic rings. The SMILES string of the molecule is C=C(C)c1ccc(OC)c(S(=O)(=O)NC(=O)c2cc3c(F)cc(N4CCC4)cc3o2)c1. The van der Waals surface area contributed by atoms with Gasteiger partial charge in [-0.2, -0.15) is 0 Å². The third-order valence-corrected chi connectivity index (χ3v) is 6.54. The fraction of sp³-hybridized carbons (Fsp3) is 0.227. The predicted molar refractivity (Wildman–Crippen MR) is 115 cm³/mol. The largest absolute Gasteiger partial charge is 0.495 e. The van der Waals surface area contributed by atoms with Gasteiger partial charge in [-0.3, -0.25) is 4.79 Å². The number of fused-ring (bicyclic) bond motifs is 1. The molecule has 9 heteroatoms. The Morgan fingerprint density at radius 2 is 1.97 bits per heavy atom. The van der Waals surface area contributed by atoms with Crippen LogP contribution in [0.15, 0.2) is 52.3 Å². The number of benzene rings is 2. The van der Waals surface area contributed by atoms with Crippen LogP contribution in [0.2, 0.25) is 0 Å². The van der Waals surface area contributed by atoms with Crippen LogP contribution in [0.1, 0.15) is 29.5 Å². The summed E-state index contributed by atoms with van der Waals surface area (Å²) in [6, 6.07) is 8.73. The maximum atomic E-state index is 14.5. The summed E-state index contributed by atoms with van der Waals surface area (Å²) in [5, 5.41) is 0.105. The van der Waals surface area contributed by atoms with E-state index in [1.165, 1.54) is 31.4 Å². The van der Waals surface area contributed by atoms with E-state index in [2.05, 4.69) is 6.58 Å². The Bertz CT molecular complexity index is 1310. The lowest BCUT2D eigenvalue weighted by Crippen LogP contribution is -2.36. The number of furan rings is 1. The number of sulfonamides is 1. The molecule has 7 nitrogen and oxygen atoms in total. The normalized spacial score (nSPS) is 13.7. The lowest BCUT2D eigenvalue weighted by Gasteiger charge is -2.33. The van der Waals surface area contributed by atoms with E-state index < -0.39 is 21.7 Å². The second-order valence-corrected chi connectivity index (χ2v) is 9.02. The van der Waals surface area contributed by atoms with Gasteiger partial charge in [0.2, 0.25) is 0 Å². The number of amides is 1. The summed E-state index contributed by atoms with van der Waals surface area (Å²) in [4.78, 5) is 14.4. The minimum atomic E-state index is -4.30. The van der Waals surface area contributed by atoms with Crippen molar-refractivity contribution in [1.82, 2.24) is 4.72 Å². The third-order valence-electron chi connectivity index (χ3n) is 5.19. The van der Waals surface area contributed by atoms with Crippen molar-refractivity contribution < 1.29 is 26.8 Å². The highest BCUT2D eigenvalue weighted by atomic mass is 32.2. The molecular formula is C22H21FN2O5S. The third kappa shape index (κ3) is 3.88. The quantitative estimate of drug-likeness (QED) is 0.620. The number of halogens is 1. The molecule has 162 valence electrons. The molecule has 1 fully saturated rings. The van der Waals surface area contributed by atoms with E-state index in [0.717, 1.165) is 19.5 Å². The molecule has 1 amide bonds. The van der Waals surface area contributed by atoms with Gasteiger partial charge in [0.1, 0.15) is 22.0 Å². The number of nitrogens with zero attached hydrogens (tertiary/aromatic N) is 1. The number of hydrogen-bond acceptors (Lipinski definition) is 6. The summed E-state index contributed by atoms with van der Waals surface area (Å²) in [5.74, 6) is -1.79. The molecule has 0 unspecified atom stereocenters. The highest BCUT2D eigenvalue weighted by molar-refractivity contribution is 7.90. The number of carbonyl (C=O) groups is 1. The van der Waals surface area contributed by atoms with Crippen molar-refractivity contribution in [3.05, 3.63) is 60.1 Å². The molecule has 0 radical (unpaired) electrons. The maximum absolute atomic E-state index is 14.5. The fourth-order valence-electron chi connectivity index (χ4n) is 3.33. The zero-order chi connectivity index (χ0) is 22.3. The Kier molecular flexibility index (Phi) is 5.22. The van der Waals surface area contributed by atoms with Gasteiger partial charge in [-0.05, 0) is 37.1 Å². The molecule has 0 saturated carbocycles. The number of allylic oxidation sites excluding steroid dienone is 1. The van der Waals surface area contributed by atoms with Crippen LogP contribution in [0, 0.1) is 5.82 Å². The first kappa shape index (κ1) is 20.9. The molecule has 1 saturated heterocycles. The van der Waals surface area contributed by atoms with Gasteiger partial charge < -0.3 is 14.1 Å². The number of carbonyl (C=O) groups excluding carboxylic acids is 1. The number of anilines is 1. The molecule has 3 aromatic rings. The minimum absolute atomic E-state index is 0.0696. The second-order valence-electron chi connectivity index (χ2n) is 7.37. The molecule has 1 aliphatic heterocycles. The van der Waals surface area contributed by atoms with Gasteiger partial charge in [-0.1, -0.05) is 18.2 Å². The van der Waals surface area contributed by atoms with E-state index in [9.17, 15) is 17.6 Å². The summed E-state index contributed by atoms with van der Waals surface area (Å²) >= 11 is 0. The van der Waals surface area contributed by atoms with Crippen molar-refractivity contribution in [2.24, 2.45) is 0 Å². The second kappa shape index (κ2) is 7.73. The number of hydrogen-bond donors (Lipinski definition) is 1. The van der Waals surface area contributed by atoms with E-state index in [1.807, 2.05) is 9.62 Å². The topological polar surface area (TPSA) is 88.8 Å². The first-order valence-electron chi connectivity index (χ1n) is 9.59. The van der Waals surface area contributed by atoms with E-state index in [1.54, 1.807) is 19.1 Å². The highest BCUT2D eigenvalue weighted by Crippen LogP contribution is 2.31. The lowest BCUT2D eigenvalue weighted by molar-refractivity contribution is 0.0956. The average Bonchev–Trinajstić information content (AvgIpc) is 3.11. The summed E-state index contributed by atoms with van der Waals surface area (Å²) in [5.41, 5.74) is 2.06. The Hall–Kier alpha value is -3.33. The monoisotopic (exact) mass is 444 g/mol. The Balaban J connectivity index is 1.66. The summed E-state index contributed by atoms with van der Waals surface area (Å²) < 4.78 is 52.8. The number of nitrogens with one attached hydrogen (secondary N) is 1. The summed E-state index contributed by atoms with van der Waals surface area (Å²) in [6.45, 7) is 7.17. The van der Waals surface area contributed by atoms with Crippen LogP contribution in [0.4, 0.5) is 10.1 Å². The van der Waals surface area contributed by atoms with Crippen LogP contribution in [-0.2, 0) is 10.0 Å². The van der Waals surface area contributed by atoms with E-state index in [-0.39, 0.29) is 27.4 Å². The van der Waals surface area contributed by atoms with Crippen LogP contribution in [0.3, 0.4) is 0 Å². The minimum Gasteiger partial charge on any atom is -0.495 e. The van der Waals surface area contributed by atoms with Crippen LogP contribution in [-0.4, -0.2) is 34.5 Å². The van der Waals surface area contributed by atoms with E-state index in [0.29, 0.717) is 16.8 Å². The molecule has 1 N–H and O–H groups in total. The zero-order valence-electron chi connectivity index (χ0n) is 17.1. The molecule has 2 heterocycles. The summed E-state index contributed by atoms with van der Waals surface area (Å²) in [6.07, 6.45) is 1.03. The van der Waals surface area contributed by atoms with E-state index >= 15 is 0 Å².